The van der Waals surface area contributed by atoms with Crippen LogP contribution in [0.2, 0.25) is 0 Å². The van der Waals surface area contributed by atoms with Gasteiger partial charge in [0.15, 0.2) is 0 Å². The van der Waals surface area contributed by atoms with E-state index < -0.39 is 0 Å². The van der Waals surface area contributed by atoms with Gasteiger partial charge >= 0.3 is 0 Å². The highest BCUT2D eigenvalue weighted by atomic mass is 32.1. The van der Waals surface area contributed by atoms with Crippen LogP contribution in [-0.4, -0.2) is 43.2 Å². The number of rotatable bonds is 6. The number of aromatic nitrogens is 3. The van der Waals surface area contributed by atoms with Crippen molar-refractivity contribution in [3.05, 3.63) is 60.3 Å². The van der Waals surface area contributed by atoms with Gasteiger partial charge in [-0.15, -0.1) is 0 Å². The highest BCUT2D eigenvalue weighted by Gasteiger charge is 2.37. The maximum absolute atomic E-state index is 13.3. The lowest BCUT2D eigenvalue weighted by Crippen LogP contribution is -2.51. The summed E-state index contributed by atoms with van der Waals surface area (Å²) >= 11 is 4.97. The number of amides is 1. The van der Waals surface area contributed by atoms with Crippen molar-refractivity contribution >= 4 is 29.4 Å². The Morgan fingerprint density at radius 2 is 2.24 bits per heavy atom. The fraction of sp³-hybridized carbons (Fsp3) is 0.409. The highest BCUT2D eigenvalue weighted by Crippen LogP contribution is 2.35. The zero-order valence-electron chi connectivity index (χ0n) is 16.6. The first-order valence-electron chi connectivity index (χ1n) is 10.2. The van der Waals surface area contributed by atoms with E-state index in [0.717, 1.165) is 42.3 Å². The maximum atomic E-state index is 13.3. The second-order valence-corrected chi connectivity index (χ2v) is 8.55. The van der Waals surface area contributed by atoms with Crippen molar-refractivity contribution in [3.63, 3.8) is 0 Å². The average Bonchev–Trinajstić information content (AvgIpc) is 3.18. The van der Waals surface area contributed by atoms with Crippen LogP contribution in [-0.2, 0) is 6.54 Å². The summed E-state index contributed by atoms with van der Waals surface area (Å²) in [5.41, 5.74) is 2.58. The molecule has 1 aromatic carbocycles. The molecule has 3 aromatic rings. The second kappa shape index (κ2) is 8.55. The van der Waals surface area contributed by atoms with Crippen LogP contribution in [0.3, 0.4) is 0 Å². The summed E-state index contributed by atoms with van der Waals surface area (Å²) in [5.74, 6) is 0.0575. The number of hydrogen-bond donors (Lipinski definition) is 3. The van der Waals surface area contributed by atoms with Crippen LogP contribution < -0.4 is 5.32 Å². The largest absolute Gasteiger partial charge is 0.351 e. The quantitative estimate of drug-likeness (QED) is 0.428. The van der Waals surface area contributed by atoms with E-state index in [4.69, 9.17) is 12.6 Å². The Bertz CT molecular complexity index is 943. The number of fused-ring (bicyclic) bond motifs is 1. The molecule has 1 fully saturated rings. The van der Waals surface area contributed by atoms with Gasteiger partial charge < -0.3 is 9.88 Å². The first kappa shape index (κ1) is 19.9. The van der Waals surface area contributed by atoms with E-state index in [1.165, 1.54) is 0 Å². The van der Waals surface area contributed by atoms with Gasteiger partial charge in [-0.1, -0.05) is 18.2 Å². The molecule has 7 heteroatoms. The SMILES string of the molecule is CCN(C(=O)c1cc2ccccc2[nH]1)[C@H]1CCC[C@@](S)(NCc2ccncn2)C1. The summed E-state index contributed by atoms with van der Waals surface area (Å²) in [6.07, 6.45) is 7.11. The number of nitrogens with one attached hydrogen (secondary N) is 2. The van der Waals surface area contributed by atoms with Crippen LogP contribution in [0.5, 0.6) is 0 Å². The van der Waals surface area contributed by atoms with Crippen LogP contribution in [0.25, 0.3) is 10.9 Å². The normalized spacial score (nSPS) is 21.9. The minimum Gasteiger partial charge on any atom is -0.351 e. The number of benzene rings is 1. The van der Waals surface area contributed by atoms with Crippen molar-refractivity contribution in [2.75, 3.05) is 6.54 Å². The molecule has 2 heterocycles. The third-order valence-corrected chi connectivity index (χ3v) is 6.31. The van der Waals surface area contributed by atoms with Crippen molar-refractivity contribution < 1.29 is 4.79 Å². The number of carbonyl (C=O) groups is 1. The third-order valence-electron chi connectivity index (χ3n) is 5.75. The summed E-state index contributed by atoms with van der Waals surface area (Å²) in [5, 5.41) is 4.61. The Kier molecular flexibility index (Phi) is 5.87. The molecule has 0 radical (unpaired) electrons. The molecule has 1 aliphatic carbocycles. The van der Waals surface area contributed by atoms with E-state index in [9.17, 15) is 4.79 Å². The molecule has 1 saturated carbocycles. The van der Waals surface area contributed by atoms with Crippen molar-refractivity contribution in [3.8, 4) is 0 Å². The lowest BCUT2D eigenvalue weighted by molar-refractivity contribution is 0.0611. The van der Waals surface area contributed by atoms with E-state index >= 15 is 0 Å². The Morgan fingerprint density at radius 1 is 1.38 bits per heavy atom. The standard InChI is InChI=1S/C22H27N5OS/c1-2-27(21(28)20-12-16-6-3-4-8-19(16)26-20)18-7-5-10-22(29,13-18)25-14-17-9-11-23-15-24-17/h3-4,6,8-9,11-12,15,18,25-26,29H,2,5,7,10,13-14H2,1H3/t18-,22-/m0/s1. The second-order valence-electron chi connectivity index (χ2n) is 7.70. The predicted octanol–water partition coefficient (Wildman–Crippen LogP) is 3.78. The molecule has 2 aromatic heterocycles. The van der Waals surface area contributed by atoms with Crippen LogP contribution in [0.1, 0.15) is 48.8 Å². The van der Waals surface area contributed by atoms with E-state index in [0.29, 0.717) is 18.8 Å². The molecule has 0 spiro atoms. The van der Waals surface area contributed by atoms with Gasteiger partial charge in [-0.2, -0.15) is 12.6 Å². The molecule has 2 atom stereocenters. The van der Waals surface area contributed by atoms with Crippen LogP contribution in [0.4, 0.5) is 0 Å². The number of hydrogen-bond acceptors (Lipinski definition) is 5. The first-order chi connectivity index (χ1) is 14.1. The lowest BCUT2D eigenvalue weighted by Gasteiger charge is -2.42. The Morgan fingerprint density at radius 3 is 3.00 bits per heavy atom. The topological polar surface area (TPSA) is 73.9 Å². The molecule has 152 valence electrons. The Hall–Kier alpha value is -2.38. The lowest BCUT2D eigenvalue weighted by atomic mass is 9.88. The van der Waals surface area contributed by atoms with Crippen LogP contribution in [0.15, 0.2) is 48.9 Å². The van der Waals surface area contributed by atoms with Gasteiger partial charge in [0.2, 0.25) is 0 Å². The van der Waals surface area contributed by atoms with Gasteiger partial charge in [-0.05, 0) is 50.8 Å². The minimum absolute atomic E-state index is 0.0575. The average molecular weight is 410 g/mol. The number of H-pyrrole nitrogens is 1. The van der Waals surface area contributed by atoms with Crippen LogP contribution >= 0.6 is 12.6 Å². The van der Waals surface area contributed by atoms with E-state index in [1.54, 1.807) is 12.5 Å². The summed E-state index contributed by atoms with van der Waals surface area (Å²) in [6, 6.07) is 12.0. The van der Waals surface area contributed by atoms with Crippen LogP contribution in [0, 0.1) is 0 Å². The molecule has 1 aliphatic rings. The van der Waals surface area contributed by atoms with Gasteiger partial charge in [0.05, 0.1) is 10.6 Å². The van der Waals surface area contributed by atoms with Gasteiger partial charge in [0.25, 0.3) is 5.91 Å². The molecule has 4 rings (SSSR count). The molecule has 0 unspecified atom stereocenters. The van der Waals surface area contributed by atoms with Crippen molar-refractivity contribution in [1.82, 2.24) is 25.2 Å². The zero-order chi connectivity index (χ0) is 20.3. The third kappa shape index (κ3) is 4.46. The highest BCUT2D eigenvalue weighted by molar-refractivity contribution is 7.81. The monoisotopic (exact) mass is 409 g/mol. The summed E-state index contributed by atoms with van der Waals surface area (Å²) in [7, 11) is 0. The number of nitrogens with zero attached hydrogens (tertiary/aromatic N) is 3. The number of carbonyl (C=O) groups excluding carboxylic acids is 1. The molecule has 0 saturated heterocycles. The molecular formula is C22H27N5OS. The van der Waals surface area contributed by atoms with E-state index in [-0.39, 0.29) is 16.8 Å². The minimum atomic E-state index is -0.317. The first-order valence-corrected chi connectivity index (χ1v) is 10.6. The van der Waals surface area contributed by atoms with Crippen molar-refractivity contribution in [2.45, 2.75) is 50.1 Å². The van der Waals surface area contributed by atoms with Crippen molar-refractivity contribution in [2.24, 2.45) is 0 Å². The maximum Gasteiger partial charge on any atom is 0.270 e. The molecule has 0 bridgehead atoms. The molecule has 0 aliphatic heterocycles. The fourth-order valence-electron chi connectivity index (χ4n) is 4.24. The predicted molar refractivity (Wildman–Crippen MR) is 118 cm³/mol. The fourth-order valence-corrected chi connectivity index (χ4v) is 4.69. The molecule has 29 heavy (non-hydrogen) atoms. The summed E-state index contributed by atoms with van der Waals surface area (Å²) in [4.78, 5) is 26.5. The van der Waals surface area contributed by atoms with Gasteiger partial charge in [0.1, 0.15) is 12.0 Å². The zero-order valence-corrected chi connectivity index (χ0v) is 17.5. The van der Waals surface area contributed by atoms with Gasteiger partial charge in [-0.25, -0.2) is 9.97 Å². The number of aromatic amines is 1. The van der Waals surface area contributed by atoms with Crippen molar-refractivity contribution in [1.29, 1.82) is 0 Å². The van der Waals surface area contributed by atoms with E-state index in [1.807, 2.05) is 48.2 Å². The summed E-state index contributed by atoms with van der Waals surface area (Å²) < 4.78 is 0. The Labute approximate surface area is 176 Å². The molecular weight excluding hydrogens is 382 g/mol. The number of thiol groups is 1. The smallest absolute Gasteiger partial charge is 0.270 e. The Balaban J connectivity index is 1.47. The van der Waals surface area contributed by atoms with Gasteiger partial charge in [0, 0.05) is 36.2 Å². The van der Waals surface area contributed by atoms with Gasteiger partial charge in [-0.3, -0.25) is 10.1 Å². The molecule has 6 nitrogen and oxygen atoms in total. The summed E-state index contributed by atoms with van der Waals surface area (Å²) in [6.45, 7) is 3.36. The number of para-hydroxylation sites is 1. The molecule has 1 amide bonds. The van der Waals surface area contributed by atoms with E-state index in [2.05, 4.69) is 20.3 Å². The molecule has 2 N–H and O–H groups in total.